The van der Waals surface area contributed by atoms with Crippen LogP contribution in [0, 0.1) is 0 Å². The molecular formula is C19H24ClN3O4. The highest BCUT2D eigenvalue weighted by Crippen LogP contribution is 2.19. The third kappa shape index (κ3) is 7.26. The second-order valence-corrected chi connectivity index (χ2v) is 5.45. The lowest BCUT2D eigenvalue weighted by atomic mass is 10.1. The fraction of sp³-hybridized carbons (Fsp3) is 0.263. The Hall–Kier alpha value is -2.61. The number of nitrogens with one attached hydrogen (secondary N) is 3. The quantitative estimate of drug-likeness (QED) is 0.570. The van der Waals surface area contributed by atoms with Gasteiger partial charge in [-0.25, -0.2) is 0 Å². The first-order valence-corrected chi connectivity index (χ1v) is 8.18. The van der Waals surface area contributed by atoms with Crippen LogP contribution in [0.25, 0.3) is 0 Å². The van der Waals surface area contributed by atoms with Crippen molar-refractivity contribution in [2.45, 2.75) is 0 Å². The maximum atomic E-state index is 12.5. The van der Waals surface area contributed by atoms with E-state index in [2.05, 4.69) is 16.0 Å². The molecule has 7 nitrogen and oxygen atoms in total. The molecule has 2 rings (SSSR count). The van der Waals surface area contributed by atoms with Crippen molar-refractivity contribution >= 4 is 35.6 Å². The second-order valence-electron chi connectivity index (χ2n) is 5.45. The van der Waals surface area contributed by atoms with E-state index in [9.17, 15) is 9.59 Å². The zero-order chi connectivity index (χ0) is 18.8. The first kappa shape index (κ1) is 22.4. The molecular weight excluding hydrogens is 370 g/mol. The van der Waals surface area contributed by atoms with Crippen molar-refractivity contribution in [2.75, 3.05) is 44.5 Å². The largest absolute Gasteiger partial charge is 0.497 e. The number of ether oxygens (including phenoxy) is 2. The highest BCUT2D eigenvalue weighted by atomic mass is 35.5. The minimum Gasteiger partial charge on any atom is -0.497 e. The van der Waals surface area contributed by atoms with Gasteiger partial charge in [-0.2, -0.15) is 0 Å². The van der Waals surface area contributed by atoms with Gasteiger partial charge in [0, 0.05) is 19.3 Å². The van der Waals surface area contributed by atoms with E-state index in [-0.39, 0.29) is 30.8 Å². The molecule has 0 aliphatic rings. The van der Waals surface area contributed by atoms with Gasteiger partial charge in [0.1, 0.15) is 5.75 Å². The molecule has 146 valence electrons. The van der Waals surface area contributed by atoms with Gasteiger partial charge in [0.15, 0.2) is 0 Å². The summed E-state index contributed by atoms with van der Waals surface area (Å²) in [5, 5.41) is 8.51. The van der Waals surface area contributed by atoms with Gasteiger partial charge in [-0.05, 0) is 36.4 Å². The Bertz CT molecular complexity index is 738. The number of carbonyl (C=O) groups excluding carboxylic acids is 2. The van der Waals surface area contributed by atoms with Crippen LogP contribution in [-0.4, -0.2) is 45.7 Å². The van der Waals surface area contributed by atoms with E-state index < -0.39 is 0 Å². The number of para-hydroxylation sites is 1. The molecule has 0 fully saturated rings. The molecule has 0 aromatic heterocycles. The predicted molar refractivity (Wildman–Crippen MR) is 108 cm³/mol. The van der Waals surface area contributed by atoms with Crippen LogP contribution in [0.5, 0.6) is 5.75 Å². The standard InChI is InChI=1S/C19H23N3O4.ClH/c1-25-12-11-20-13-18(23)22-17-6-4-3-5-16(17)19(24)21-14-7-9-15(26-2)10-8-14;/h3-10,20H,11-13H2,1-2H3,(H,21,24)(H,22,23);1H. The summed E-state index contributed by atoms with van der Waals surface area (Å²) in [7, 11) is 3.18. The van der Waals surface area contributed by atoms with E-state index in [4.69, 9.17) is 9.47 Å². The second kappa shape index (κ2) is 11.9. The number of carbonyl (C=O) groups is 2. The Morgan fingerprint density at radius 1 is 0.963 bits per heavy atom. The molecule has 0 saturated heterocycles. The Morgan fingerprint density at radius 3 is 2.33 bits per heavy atom. The summed E-state index contributed by atoms with van der Waals surface area (Å²) in [6.45, 7) is 1.23. The molecule has 0 bridgehead atoms. The lowest BCUT2D eigenvalue weighted by Crippen LogP contribution is -2.31. The smallest absolute Gasteiger partial charge is 0.257 e. The Balaban J connectivity index is 0.00000364. The van der Waals surface area contributed by atoms with Crippen molar-refractivity contribution in [3.63, 3.8) is 0 Å². The van der Waals surface area contributed by atoms with Gasteiger partial charge in [0.25, 0.3) is 5.91 Å². The minimum atomic E-state index is -0.307. The molecule has 2 aromatic carbocycles. The number of halogens is 1. The Morgan fingerprint density at radius 2 is 1.67 bits per heavy atom. The monoisotopic (exact) mass is 393 g/mol. The van der Waals surface area contributed by atoms with Crippen molar-refractivity contribution in [3.8, 4) is 5.75 Å². The van der Waals surface area contributed by atoms with Crippen LogP contribution in [0.2, 0.25) is 0 Å². The lowest BCUT2D eigenvalue weighted by Gasteiger charge is -2.12. The molecule has 2 amide bonds. The van der Waals surface area contributed by atoms with Gasteiger partial charge in [0.2, 0.25) is 5.91 Å². The predicted octanol–water partition coefficient (Wildman–Crippen LogP) is 2.54. The molecule has 0 aliphatic carbocycles. The van der Waals surface area contributed by atoms with Crippen molar-refractivity contribution < 1.29 is 19.1 Å². The van der Waals surface area contributed by atoms with Crippen LogP contribution < -0.4 is 20.7 Å². The molecule has 27 heavy (non-hydrogen) atoms. The van der Waals surface area contributed by atoms with Gasteiger partial charge in [-0.15, -0.1) is 12.4 Å². The average molecular weight is 394 g/mol. The zero-order valence-electron chi connectivity index (χ0n) is 15.3. The van der Waals surface area contributed by atoms with Crippen molar-refractivity contribution in [2.24, 2.45) is 0 Å². The van der Waals surface area contributed by atoms with Crippen molar-refractivity contribution in [1.82, 2.24) is 5.32 Å². The number of benzene rings is 2. The number of amides is 2. The molecule has 0 aliphatic heterocycles. The summed E-state index contributed by atoms with van der Waals surface area (Å²) in [5.41, 5.74) is 1.48. The highest BCUT2D eigenvalue weighted by Gasteiger charge is 2.13. The molecule has 0 spiro atoms. The fourth-order valence-corrected chi connectivity index (χ4v) is 2.23. The molecule has 0 atom stereocenters. The molecule has 0 radical (unpaired) electrons. The highest BCUT2D eigenvalue weighted by molar-refractivity contribution is 6.10. The summed E-state index contributed by atoms with van der Waals surface area (Å²) in [6, 6.07) is 13.9. The van der Waals surface area contributed by atoms with Crippen molar-refractivity contribution in [3.05, 3.63) is 54.1 Å². The molecule has 0 unspecified atom stereocenters. The molecule has 0 saturated carbocycles. The zero-order valence-corrected chi connectivity index (χ0v) is 16.1. The lowest BCUT2D eigenvalue weighted by molar-refractivity contribution is -0.115. The molecule has 0 heterocycles. The van der Waals surface area contributed by atoms with Crippen LogP contribution in [0.4, 0.5) is 11.4 Å². The third-order valence-corrected chi connectivity index (χ3v) is 3.56. The van der Waals surface area contributed by atoms with E-state index in [1.165, 1.54) is 0 Å². The fourth-order valence-electron chi connectivity index (χ4n) is 2.23. The Labute approximate surface area is 164 Å². The number of methoxy groups -OCH3 is 2. The average Bonchev–Trinajstić information content (AvgIpc) is 2.66. The summed E-state index contributed by atoms with van der Waals surface area (Å²) < 4.78 is 10.0. The van der Waals surface area contributed by atoms with Gasteiger partial charge in [-0.3, -0.25) is 9.59 Å². The molecule has 8 heteroatoms. The number of hydrogen-bond acceptors (Lipinski definition) is 5. The number of hydrogen-bond donors (Lipinski definition) is 3. The normalized spacial score (nSPS) is 9.85. The first-order chi connectivity index (χ1) is 12.6. The van der Waals surface area contributed by atoms with Crippen molar-refractivity contribution in [1.29, 1.82) is 0 Å². The Kier molecular flexibility index (Phi) is 9.89. The maximum Gasteiger partial charge on any atom is 0.257 e. The summed E-state index contributed by atoms with van der Waals surface area (Å²) in [6.07, 6.45) is 0. The molecule has 3 N–H and O–H groups in total. The van der Waals surface area contributed by atoms with Crippen LogP contribution in [0.15, 0.2) is 48.5 Å². The third-order valence-electron chi connectivity index (χ3n) is 3.56. The van der Waals surface area contributed by atoms with E-state index >= 15 is 0 Å². The van der Waals surface area contributed by atoms with E-state index in [0.29, 0.717) is 35.8 Å². The number of rotatable bonds is 9. The summed E-state index contributed by atoms with van der Waals surface area (Å²) >= 11 is 0. The first-order valence-electron chi connectivity index (χ1n) is 8.18. The minimum absolute atomic E-state index is 0. The maximum absolute atomic E-state index is 12.5. The van der Waals surface area contributed by atoms with Crippen LogP contribution >= 0.6 is 12.4 Å². The SMILES string of the molecule is COCCNCC(=O)Nc1ccccc1C(=O)Nc1ccc(OC)cc1.Cl. The topological polar surface area (TPSA) is 88.7 Å². The van der Waals surface area contributed by atoms with Crippen LogP contribution in [-0.2, 0) is 9.53 Å². The van der Waals surface area contributed by atoms with E-state index in [1.54, 1.807) is 62.8 Å². The van der Waals surface area contributed by atoms with E-state index in [1.807, 2.05) is 0 Å². The summed E-state index contributed by atoms with van der Waals surface area (Å²) in [5.74, 6) is 0.167. The van der Waals surface area contributed by atoms with Gasteiger partial charge < -0.3 is 25.4 Å². The number of anilines is 2. The van der Waals surface area contributed by atoms with Gasteiger partial charge in [-0.1, -0.05) is 12.1 Å². The summed E-state index contributed by atoms with van der Waals surface area (Å²) in [4.78, 5) is 24.6. The van der Waals surface area contributed by atoms with Crippen LogP contribution in [0.3, 0.4) is 0 Å². The van der Waals surface area contributed by atoms with Gasteiger partial charge >= 0.3 is 0 Å². The van der Waals surface area contributed by atoms with Crippen LogP contribution in [0.1, 0.15) is 10.4 Å². The molecule has 2 aromatic rings. The van der Waals surface area contributed by atoms with E-state index in [0.717, 1.165) is 0 Å². The van der Waals surface area contributed by atoms with Gasteiger partial charge in [0.05, 0.1) is 31.5 Å².